The second-order valence-corrected chi connectivity index (χ2v) is 4.05. The highest BCUT2D eigenvalue weighted by Gasteiger charge is 2.29. The molecule has 1 aliphatic carbocycles. The zero-order valence-electron chi connectivity index (χ0n) is 6.73. The van der Waals surface area contributed by atoms with Gasteiger partial charge in [-0.1, -0.05) is 0 Å². The number of aliphatic hydroxyl groups excluding tert-OH is 1. The molecular formula is C8H12N2OS. The minimum absolute atomic E-state index is 0.0158. The van der Waals surface area contributed by atoms with Crippen molar-refractivity contribution in [1.29, 1.82) is 0 Å². The normalized spacial score (nSPS) is 19.5. The molecule has 0 spiro atoms. The van der Waals surface area contributed by atoms with E-state index in [1.54, 1.807) is 11.3 Å². The zero-order valence-corrected chi connectivity index (χ0v) is 7.55. The fraction of sp³-hybridized carbons (Fsp3) is 0.625. The standard InChI is InChI=1S/C8H12N2OS/c9-6(3-11)8-7(5-1-2-5)10-4-12-8/h4-6,11H,1-3,9H2. The Labute approximate surface area is 75.2 Å². The summed E-state index contributed by atoms with van der Waals surface area (Å²) in [6.07, 6.45) is 2.46. The number of nitrogens with two attached hydrogens (primary N) is 1. The van der Waals surface area contributed by atoms with Crippen molar-refractivity contribution in [2.24, 2.45) is 5.73 Å². The molecule has 3 nitrogen and oxygen atoms in total. The summed E-state index contributed by atoms with van der Waals surface area (Å²) in [7, 11) is 0. The van der Waals surface area contributed by atoms with Crippen molar-refractivity contribution in [2.75, 3.05) is 6.61 Å². The Kier molecular flexibility index (Phi) is 2.12. The summed E-state index contributed by atoms with van der Waals surface area (Å²) in [5.41, 5.74) is 8.67. The first kappa shape index (κ1) is 8.16. The van der Waals surface area contributed by atoms with Crippen molar-refractivity contribution in [3.63, 3.8) is 0 Å². The van der Waals surface area contributed by atoms with Crippen molar-refractivity contribution < 1.29 is 5.11 Å². The summed E-state index contributed by atoms with van der Waals surface area (Å²) in [5, 5.41) is 8.89. The highest BCUT2D eigenvalue weighted by molar-refractivity contribution is 7.09. The summed E-state index contributed by atoms with van der Waals surface area (Å²) >= 11 is 1.55. The molecule has 2 rings (SSSR count). The first-order valence-electron chi connectivity index (χ1n) is 4.12. The smallest absolute Gasteiger partial charge is 0.0798 e. The van der Waals surface area contributed by atoms with Gasteiger partial charge in [0.25, 0.3) is 0 Å². The third-order valence-corrected chi connectivity index (χ3v) is 3.10. The van der Waals surface area contributed by atoms with Gasteiger partial charge in [0.2, 0.25) is 0 Å². The van der Waals surface area contributed by atoms with Crippen LogP contribution in [0, 0.1) is 0 Å². The van der Waals surface area contributed by atoms with E-state index < -0.39 is 0 Å². The zero-order chi connectivity index (χ0) is 8.55. The van der Waals surface area contributed by atoms with Crippen LogP contribution < -0.4 is 5.73 Å². The van der Waals surface area contributed by atoms with Gasteiger partial charge in [0.1, 0.15) is 0 Å². The molecule has 1 aromatic heterocycles. The summed E-state index contributed by atoms with van der Waals surface area (Å²) in [5.74, 6) is 0.629. The summed E-state index contributed by atoms with van der Waals surface area (Å²) in [6.45, 7) is 0.0158. The monoisotopic (exact) mass is 184 g/mol. The lowest BCUT2D eigenvalue weighted by atomic mass is 10.2. The van der Waals surface area contributed by atoms with Gasteiger partial charge in [-0.3, -0.25) is 0 Å². The van der Waals surface area contributed by atoms with Crippen LogP contribution in [0.2, 0.25) is 0 Å². The Morgan fingerprint density at radius 1 is 1.75 bits per heavy atom. The predicted octanol–water partition coefficient (Wildman–Crippen LogP) is 1.01. The molecule has 1 aromatic rings. The summed E-state index contributed by atoms with van der Waals surface area (Å²) in [6, 6.07) is -0.229. The maximum atomic E-state index is 8.89. The molecule has 1 atom stereocenters. The Morgan fingerprint density at radius 3 is 3.08 bits per heavy atom. The molecule has 1 heterocycles. The maximum absolute atomic E-state index is 8.89. The fourth-order valence-corrected chi connectivity index (χ4v) is 2.16. The lowest BCUT2D eigenvalue weighted by molar-refractivity contribution is 0.269. The second-order valence-electron chi connectivity index (χ2n) is 3.17. The Hall–Kier alpha value is -0.450. The molecule has 0 saturated heterocycles. The second kappa shape index (κ2) is 3.12. The average Bonchev–Trinajstić information content (AvgIpc) is 2.83. The lowest BCUT2D eigenvalue weighted by Crippen LogP contribution is -2.14. The van der Waals surface area contributed by atoms with E-state index in [0.29, 0.717) is 5.92 Å². The van der Waals surface area contributed by atoms with E-state index >= 15 is 0 Å². The molecule has 0 bridgehead atoms. The average molecular weight is 184 g/mol. The van der Waals surface area contributed by atoms with Crippen LogP contribution in [0.15, 0.2) is 5.51 Å². The molecule has 3 N–H and O–H groups in total. The van der Waals surface area contributed by atoms with Crippen LogP contribution in [0.5, 0.6) is 0 Å². The van der Waals surface area contributed by atoms with Crippen molar-refractivity contribution in [3.8, 4) is 0 Å². The number of hydrogen-bond acceptors (Lipinski definition) is 4. The molecule has 0 radical (unpaired) electrons. The molecule has 66 valence electrons. The van der Waals surface area contributed by atoms with Crippen LogP contribution in [-0.4, -0.2) is 16.7 Å². The molecule has 1 aliphatic rings. The topological polar surface area (TPSA) is 59.1 Å². The van der Waals surface area contributed by atoms with Crippen LogP contribution in [0.3, 0.4) is 0 Å². The van der Waals surface area contributed by atoms with Crippen molar-refractivity contribution in [1.82, 2.24) is 4.98 Å². The van der Waals surface area contributed by atoms with Gasteiger partial charge in [-0.2, -0.15) is 0 Å². The molecular weight excluding hydrogens is 172 g/mol. The summed E-state index contributed by atoms with van der Waals surface area (Å²) < 4.78 is 0. The molecule has 1 fully saturated rings. The molecule has 1 unspecified atom stereocenters. The molecule has 0 aliphatic heterocycles. The van der Waals surface area contributed by atoms with Gasteiger partial charge in [-0.25, -0.2) is 4.98 Å². The van der Waals surface area contributed by atoms with Crippen LogP contribution in [-0.2, 0) is 0 Å². The van der Waals surface area contributed by atoms with E-state index in [2.05, 4.69) is 4.98 Å². The van der Waals surface area contributed by atoms with Crippen LogP contribution >= 0.6 is 11.3 Å². The van der Waals surface area contributed by atoms with Gasteiger partial charge in [-0.05, 0) is 12.8 Å². The van der Waals surface area contributed by atoms with E-state index in [0.717, 1.165) is 10.6 Å². The minimum Gasteiger partial charge on any atom is -0.394 e. The SMILES string of the molecule is NC(CO)c1scnc1C1CC1. The molecule has 1 saturated carbocycles. The van der Waals surface area contributed by atoms with Crippen molar-refractivity contribution in [3.05, 3.63) is 16.1 Å². The van der Waals surface area contributed by atoms with Gasteiger partial charge in [-0.15, -0.1) is 11.3 Å². The highest BCUT2D eigenvalue weighted by atomic mass is 32.1. The Bertz CT molecular complexity index is 270. The van der Waals surface area contributed by atoms with E-state index in [9.17, 15) is 0 Å². The number of thiazole rings is 1. The van der Waals surface area contributed by atoms with E-state index in [1.165, 1.54) is 12.8 Å². The number of nitrogens with zero attached hydrogens (tertiary/aromatic N) is 1. The first-order valence-corrected chi connectivity index (χ1v) is 5.00. The summed E-state index contributed by atoms with van der Waals surface area (Å²) in [4.78, 5) is 5.34. The number of hydrogen-bond donors (Lipinski definition) is 2. The highest BCUT2D eigenvalue weighted by Crippen LogP contribution is 2.42. The van der Waals surface area contributed by atoms with Gasteiger partial charge < -0.3 is 10.8 Å². The van der Waals surface area contributed by atoms with E-state index in [-0.39, 0.29) is 12.6 Å². The largest absolute Gasteiger partial charge is 0.394 e. The number of rotatable bonds is 3. The molecule has 0 amide bonds. The van der Waals surface area contributed by atoms with Crippen LogP contribution in [0.4, 0.5) is 0 Å². The van der Waals surface area contributed by atoms with Gasteiger partial charge in [0, 0.05) is 10.8 Å². The van der Waals surface area contributed by atoms with Crippen LogP contribution in [0.1, 0.15) is 35.4 Å². The fourth-order valence-electron chi connectivity index (χ4n) is 1.29. The number of aliphatic hydroxyl groups is 1. The van der Waals surface area contributed by atoms with Crippen molar-refractivity contribution >= 4 is 11.3 Å². The Morgan fingerprint density at radius 2 is 2.50 bits per heavy atom. The van der Waals surface area contributed by atoms with E-state index in [4.69, 9.17) is 10.8 Å². The third-order valence-electron chi connectivity index (χ3n) is 2.12. The predicted molar refractivity (Wildman–Crippen MR) is 48.1 cm³/mol. The Balaban J connectivity index is 2.23. The minimum atomic E-state index is -0.229. The molecule has 12 heavy (non-hydrogen) atoms. The molecule has 4 heteroatoms. The number of aromatic nitrogens is 1. The maximum Gasteiger partial charge on any atom is 0.0798 e. The quantitative estimate of drug-likeness (QED) is 0.737. The van der Waals surface area contributed by atoms with Gasteiger partial charge in [0.05, 0.1) is 23.9 Å². The van der Waals surface area contributed by atoms with E-state index in [1.807, 2.05) is 5.51 Å². The van der Waals surface area contributed by atoms with Gasteiger partial charge >= 0.3 is 0 Å². The lowest BCUT2D eigenvalue weighted by Gasteiger charge is -2.06. The molecule has 0 aromatic carbocycles. The van der Waals surface area contributed by atoms with Crippen LogP contribution in [0.25, 0.3) is 0 Å². The third kappa shape index (κ3) is 1.37. The first-order chi connectivity index (χ1) is 5.83. The van der Waals surface area contributed by atoms with Crippen molar-refractivity contribution in [2.45, 2.75) is 24.8 Å². The van der Waals surface area contributed by atoms with Gasteiger partial charge in [0.15, 0.2) is 0 Å².